The van der Waals surface area contributed by atoms with Crippen LogP contribution in [0, 0.1) is 6.92 Å². The number of aromatic nitrogens is 2. The summed E-state index contributed by atoms with van der Waals surface area (Å²) in [6, 6.07) is 1.85. The molecule has 5 heteroatoms. The number of aryl methyl sites for hydroxylation is 1. The van der Waals surface area contributed by atoms with E-state index in [0.29, 0.717) is 15.7 Å². The fourth-order valence-electron chi connectivity index (χ4n) is 2.04. The standard InChI is InChI=1S/C11H16ClN3S/c1-7-5-15(6-8(2)16-7)11-4-10(12)13-9(3)14-11/h4,7-8H,5-6H2,1-3H3. The number of anilines is 1. The Labute approximate surface area is 106 Å². The number of hydrogen-bond donors (Lipinski definition) is 0. The highest BCUT2D eigenvalue weighted by atomic mass is 35.5. The van der Waals surface area contributed by atoms with Crippen molar-refractivity contribution in [3.8, 4) is 0 Å². The zero-order chi connectivity index (χ0) is 11.7. The lowest BCUT2D eigenvalue weighted by atomic mass is 10.3. The average Bonchev–Trinajstić information content (AvgIpc) is 2.14. The van der Waals surface area contributed by atoms with E-state index in [1.807, 2.05) is 24.8 Å². The van der Waals surface area contributed by atoms with Gasteiger partial charge in [-0.2, -0.15) is 11.8 Å². The van der Waals surface area contributed by atoms with Gasteiger partial charge in [0.1, 0.15) is 16.8 Å². The maximum absolute atomic E-state index is 5.96. The number of halogens is 1. The van der Waals surface area contributed by atoms with Gasteiger partial charge >= 0.3 is 0 Å². The predicted molar refractivity (Wildman–Crippen MR) is 70.5 cm³/mol. The third-order valence-electron chi connectivity index (χ3n) is 2.54. The lowest BCUT2D eigenvalue weighted by Gasteiger charge is -2.35. The molecule has 2 rings (SSSR count). The normalized spacial score (nSPS) is 25.9. The molecule has 2 heterocycles. The van der Waals surface area contributed by atoms with Crippen molar-refractivity contribution in [1.29, 1.82) is 0 Å². The average molecular weight is 258 g/mol. The molecule has 1 fully saturated rings. The van der Waals surface area contributed by atoms with Crippen molar-refractivity contribution in [3.05, 3.63) is 17.0 Å². The number of nitrogens with zero attached hydrogens (tertiary/aromatic N) is 3. The summed E-state index contributed by atoms with van der Waals surface area (Å²) in [5, 5.41) is 1.80. The highest BCUT2D eigenvalue weighted by molar-refractivity contribution is 8.00. The van der Waals surface area contributed by atoms with Crippen LogP contribution < -0.4 is 4.90 Å². The van der Waals surface area contributed by atoms with Crippen molar-refractivity contribution in [2.75, 3.05) is 18.0 Å². The summed E-state index contributed by atoms with van der Waals surface area (Å²) in [4.78, 5) is 10.8. The fourth-order valence-corrected chi connectivity index (χ4v) is 3.59. The quantitative estimate of drug-likeness (QED) is 0.724. The van der Waals surface area contributed by atoms with Gasteiger partial charge in [0.05, 0.1) is 0 Å². The smallest absolute Gasteiger partial charge is 0.134 e. The minimum Gasteiger partial charge on any atom is -0.354 e. The first-order valence-electron chi connectivity index (χ1n) is 5.46. The molecule has 0 bridgehead atoms. The molecule has 0 radical (unpaired) electrons. The second kappa shape index (κ2) is 4.80. The molecule has 2 unspecified atom stereocenters. The molecule has 0 amide bonds. The molecule has 1 aliphatic heterocycles. The van der Waals surface area contributed by atoms with Crippen LogP contribution in [-0.4, -0.2) is 33.6 Å². The van der Waals surface area contributed by atoms with Crippen molar-refractivity contribution in [3.63, 3.8) is 0 Å². The van der Waals surface area contributed by atoms with Gasteiger partial charge in [-0.25, -0.2) is 9.97 Å². The van der Waals surface area contributed by atoms with Gasteiger partial charge in [-0.15, -0.1) is 0 Å². The summed E-state index contributed by atoms with van der Waals surface area (Å²) >= 11 is 7.99. The lowest BCUT2D eigenvalue weighted by Crippen LogP contribution is -2.40. The van der Waals surface area contributed by atoms with Gasteiger partial charge in [-0.3, -0.25) is 0 Å². The van der Waals surface area contributed by atoms with Gasteiger partial charge in [0.25, 0.3) is 0 Å². The third-order valence-corrected chi connectivity index (χ3v) is 3.96. The molecule has 0 aromatic carbocycles. The third kappa shape index (κ3) is 2.80. The molecule has 1 aliphatic rings. The number of rotatable bonds is 1. The molecule has 1 aromatic heterocycles. The zero-order valence-electron chi connectivity index (χ0n) is 9.77. The Balaban J connectivity index is 2.22. The molecule has 2 atom stereocenters. The van der Waals surface area contributed by atoms with Crippen LogP contribution in [0.2, 0.25) is 5.15 Å². The van der Waals surface area contributed by atoms with Gasteiger partial charge in [0.2, 0.25) is 0 Å². The van der Waals surface area contributed by atoms with Crippen LogP contribution >= 0.6 is 23.4 Å². The first-order chi connectivity index (χ1) is 7.54. The molecule has 88 valence electrons. The molecule has 0 N–H and O–H groups in total. The minimum absolute atomic E-state index is 0.529. The maximum atomic E-state index is 5.96. The first-order valence-corrected chi connectivity index (χ1v) is 6.78. The Hall–Kier alpha value is -0.480. The van der Waals surface area contributed by atoms with Gasteiger partial charge in [0.15, 0.2) is 0 Å². The first kappa shape index (κ1) is 12.0. The van der Waals surface area contributed by atoms with Crippen LogP contribution in [0.4, 0.5) is 5.82 Å². The molecule has 1 aromatic rings. The molecule has 16 heavy (non-hydrogen) atoms. The predicted octanol–water partition coefficient (Wildman–Crippen LogP) is 2.77. The monoisotopic (exact) mass is 257 g/mol. The Kier molecular flexibility index (Phi) is 3.60. The maximum Gasteiger partial charge on any atom is 0.134 e. The van der Waals surface area contributed by atoms with E-state index in [4.69, 9.17) is 11.6 Å². The second-order valence-electron chi connectivity index (χ2n) is 4.26. The van der Waals surface area contributed by atoms with E-state index >= 15 is 0 Å². The summed E-state index contributed by atoms with van der Waals surface area (Å²) in [6.45, 7) is 8.44. The molecule has 0 saturated carbocycles. The van der Waals surface area contributed by atoms with Gasteiger partial charge in [-0.1, -0.05) is 25.4 Å². The van der Waals surface area contributed by atoms with Crippen molar-refractivity contribution in [2.45, 2.75) is 31.3 Å². The van der Waals surface area contributed by atoms with Crippen LogP contribution in [0.3, 0.4) is 0 Å². The van der Waals surface area contributed by atoms with Crippen LogP contribution in [0.5, 0.6) is 0 Å². The summed E-state index contributed by atoms with van der Waals surface area (Å²) in [5.74, 6) is 1.69. The summed E-state index contributed by atoms with van der Waals surface area (Å²) in [7, 11) is 0. The van der Waals surface area contributed by atoms with E-state index in [1.165, 1.54) is 0 Å². The highest BCUT2D eigenvalue weighted by Crippen LogP contribution is 2.28. The van der Waals surface area contributed by atoms with E-state index < -0.39 is 0 Å². The largest absolute Gasteiger partial charge is 0.354 e. The number of thioether (sulfide) groups is 1. The Morgan fingerprint density at radius 1 is 1.31 bits per heavy atom. The zero-order valence-corrected chi connectivity index (χ0v) is 11.3. The van der Waals surface area contributed by atoms with Crippen LogP contribution in [-0.2, 0) is 0 Å². The molecule has 1 saturated heterocycles. The Morgan fingerprint density at radius 3 is 2.50 bits per heavy atom. The Morgan fingerprint density at radius 2 is 1.94 bits per heavy atom. The van der Waals surface area contributed by atoms with Gasteiger partial charge in [0, 0.05) is 29.7 Å². The summed E-state index contributed by atoms with van der Waals surface area (Å²) in [6.07, 6.45) is 0. The van der Waals surface area contributed by atoms with Crippen molar-refractivity contribution in [2.24, 2.45) is 0 Å². The Bertz CT molecular complexity index is 355. The minimum atomic E-state index is 0.529. The SMILES string of the molecule is Cc1nc(Cl)cc(N2CC(C)SC(C)C2)n1. The van der Waals surface area contributed by atoms with E-state index in [0.717, 1.165) is 24.7 Å². The van der Waals surface area contributed by atoms with Gasteiger partial charge in [-0.05, 0) is 6.92 Å². The molecule has 3 nitrogen and oxygen atoms in total. The molecule has 0 spiro atoms. The van der Waals surface area contributed by atoms with Crippen LogP contribution in [0.1, 0.15) is 19.7 Å². The van der Waals surface area contributed by atoms with Gasteiger partial charge < -0.3 is 4.90 Å². The van der Waals surface area contributed by atoms with Crippen molar-refractivity contribution < 1.29 is 0 Å². The van der Waals surface area contributed by atoms with E-state index in [-0.39, 0.29) is 0 Å². The molecular weight excluding hydrogens is 242 g/mol. The fraction of sp³-hybridized carbons (Fsp3) is 0.636. The van der Waals surface area contributed by atoms with Crippen molar-refractivity contribution >= 4 is 29.2 Å². The topological polar surface area (TPSA) is 29.0 Å². The van der Waals surface area contributed by atoms with Crippen LogP contribution in [0.25, 0.3) is 0 Å². The molecule has 0 aliphatic carbocycles. The lowest BCUT2D eigenvalue weighted by molar-refractivity contribution is 0.715. The van der Waals surface area contributed by atoms with Crippen LogP contribution in [0.15, 0.2) is 6.07 Å². The summed E-state index contributed by atoms with van der Waals surface area (Å²) < 4.78 is 0. The summed E-state index contributed by atoms with van der Waals surface area (Å²) in [5.41, 5.74) is 0. The second-order valence-corrected chi connectivity index (χ2v) is 6.53. The van der Waals surface area contributed by atoms with Crippen molar-refractivity contribution in [1.82, 2.24) is 9.97 Å². The number of hydrogen-bond acceptors (Lipinski definition) is 4. The van der Waals surface area contributed by atoms with E-state index in [2.05, 4.69) is 28.7 Å². The molecular formula is C11H16ClN3S. The highest BCUT2D eigenvalue weighted by Gasteiger charge is 2.23. The van der Waals surface area contributed by atoms with E-state index in [1.54, 1.807) is 0 Å². The van der Waals surface area contributed by atoms with E-state index in [9.17, 15) is 0 Å².